The van der Waals surface area contributed by atoms with Crippen LogP contribution in [-0.2, 0) is 23.9 Å². The molecule has 224 valence electrons. The van der Waals surface area contributed by atoms with Gasteiger partial charge in [-0.1, -0.05) is 41.0 Å². The van der Waals surface area contributed by atoms with Crippen LogP contribution < -0.4 is 5.32 Å². The van der Waals surface area contributed by atoms with Crippen LogP contribution in [0.4, 0.5) is 0 Å². The number of nitrogens with one attached hydrogen (secondary N) is 1. The van der Waals surface area contributed by atoms with Crippen LogP contribution in [0.25, 0.3) is 0 Å². The number of ether oxygens (including phenoxy) is 1. The van der Waals surface area contributed by atoms with Gasteiger partial charge in [0.2, 0.25) is 17.7 Å². The Bertz CT molecular complexity index is 857. The molecule has 1 N–H and O–H groups in total. The van der Waals surface area contributed by atoms with Crippen LogP contribution in [0.3, 0.4) is 0 Å². The second-order valence-corrected chi connectivity index (χ2v) is 12.9. The molecule has 2 aliphatic rings. The Morgan fingerprint density at radius 3 is 2.10 bits per heavy atom. The maximum Gasteiger partial charge on any atom is 0.328 e. The zero-order valence-electron chi connectivity index (χ0n) is 25.8. The van der Waals surface area contributed by atoms with Crippen LogP contribution in [0.5, 0.6) is 0 Å². The van der Waals surface area contributed by atoms with Crippen molar-refractivity contribution in [3.05, 3.63) is 0 Å². The molecule has 0 aromatic heterocycles. The lowest BCUT2D eigenvalue weighted by Gasteiger charge is -2.41. The van der Waals surface area contributed by atoms with E-state index in [9.17, 15) is 19.2 Å². The molecule has 2 aliphatic heterocycles. The lowest BCUT2D eigenvalue weighted by molar-refractivity contribution is -0.155. The summed E-state index contributed by atoms with van der Waals surface area (Å²) in [6, 6.07) is -1.60. The minimum atomic E-state index is -0.673. The fraction of sp³-hybridized carbons (Fsp3) is 0.862. The van der Waals surface area contributed by atoms with Gasteiger partial charge in [-0.25, -0.2) is 4.79 Å². The minimum absolute atomic E-state index is 0.0932. The Labute approximate surface area is 235 Å². The van der Waals surface area contributed by atoms with Gasteiger partial charge in [-0.3, -0.25) is 24.2 Å². The minimum Gasteiger partial charge on any atom is -0.467 e. The zero-order chi connectivity index (χ0) is 29.5. The van der Waals surface area contributed by atoms with E-state index in [2.05, 4.69) is 24.1 Å². The second-order valence-electron chi connectivity index (χ2n) is 12.9. The van der Waals surface area contributed by atoms with Gasteiger partial charge in [-0.15, -0.1) is 0 Å². The fourth-order valence-electron chi connectivity index (χ4n) is 5.76. The molecule has 1 unspecified atom stereocenters. The van der Waals surface area contributed by atoms with Crippen molar-refractivity contribution >= 4 is 23.7 Å². The molecule has 0 saturated carbocycles. The highest BCUT2D eigenvalue weighted by Gasteiger charge is 2.40. The molecule has 0 aromatic carbocycles. The predicted octanol–water partition coefficient (Wildman–Crippen LogP) is 1.97. The zero-order valence-corrected chi connectivity index (χ0v) is 25.8. The van der Waals surface area contributed by atoms with Crippen molar-refractivity contribution in [2.24, 2.45) is 11.3 Å². The van der Waals surface area contributed by atoms with Crippen LogP contribution in [0.2, 0.25) is 0 Å². The lowest BCUT2D eigenvalue weighted by atomic mass is 9.84. The van der Waals surface area contributed by atoms with E-state index in [0.717, 1.165) is 38.6 Å². The quantitative estimate of drug-likeness (QED) is 0.414. The highest BCUT2D eigenvalue weighted by molar-refractivity contribution is 5.90. The van der Waals surface area contributed by atoms with Crippen LogP contribution in [0, 0.1) is 11.3 Å². The Kier molecular flexibility index (Phi) is 12.2. The molecule has 0 aliphatic carbocycles. The standard InChI is InChI=1S/C29H53N5O5/c1-20(2)23(18-31(6)19-24(35)34-17-13-11-15-22(34)28(38)39-9)33(8)27(37)25(29(3,4)5)30-26(36)21-14-10-12-16-32(21)7/h20-23,25H,10-19H2,1-9H3,(H,30,36)/t21?,22-,23+,25+/m0/s1. The number of nitrogens with zero attached hydrogens (tertiary/aromatic N) is 4. The number of likely N-dealkylation sites (tertiary alicyclic amines) is 2. The number of carbonyl (C=O) groups excluding carboxylic acids is 4. The van der Waals surface area contributed by atoms with E-state index in [0.29, 0.717) is 19.5 Å². The summed E-state index contributed by atoms with van der Waals surface area (Å²) in [6.45, 7) is 12.1. The molecule has 2 fully saturated rings. The van der Waals surface area contributed by atoms with Crippen molar-refractivity contribution in [1.82, 2.24) is 24.9 Å². The Morgan fingerprint density at radius 1 is 0.974 bits per heavy atom. The summed E-state index contributed by atoms with van der Waals surface area (Å²) in [5.74, 6) is -0.583. The van der Waals surface area contributed by atoms with E-state index in [1.807, 2.05) is 39.8 Å². The van der Waals surface area contributed by atoms with Gasteiger partial charge in [-0.2, -0.15) is 0 Å². The van der Waals surface area contributed by atoms with Gasteiger partial charge in [0, 0.05) is 26.2 Å². The van der Waals surface area contributed by atoms with E-state index in [1.165, 1.54) is 7.11 Å². The van der Waals surface area contributed by atoms with Crippen LogP contribution in [-0.4, -0.2) is 122 Å². The van der Waals surface area contributed by atoms with Crippen LogP contribution >= 0.6 is 0 Å². The molecule has 3 amide bonds. The van der Waals surface area contributed by atoms with Crippen LogP contribution in [0.15, 0.2) is 0 Å². The molecule has 2 rings (SSSR count). The SMILES string of the molecule is COC(=O)[C@@H]1CCCCN1C(=O)CN(C)C[C@H](C(C)C)N(C)C(=O)[C@@H](NC(=O)C1CCCCN1C)C(C)(C)C. The lowest BCUT2D eigenvalue weighted by Crippen LogP contribution is -2.60. The summed E-state index contributed by atoms with van der Waals surface area (Å²) in [5.41, 5.74) is -0.477. The van der Waals surface area contributed by atoms with Crippen molar-refractivity contribution in [1.29, 1.82) is 0 Å². The monoisotopic (exact) mass is 551 g/mol. The summed E-state index contributed by atoms with van der Waals surface area (Å²) in [4.78, 5) is 59.9. The molecule has 10 nitrogen and oxygen atoms in total. The molecule has 4 atom stereocenters. The number of likely N-dealkylation sites (N-methyl/N-ethyl adjacent to an activating group) is 3. The number of carbonyl (C=O) groups is 4. The number of methoxy groups -OCH3 is 1. The van der Waals surface area contributed by atoms with Gasteiger partial charge in [0.1, 0.15) is 12.1 Å². The number of rotatable bonds is 10. The Hall–Kier alpha value is -2.20. The van der Waals surface area contributed by atoms with Crippen LogP contribution in [0.1, 0.15) is 73.1 Å². The molecular formula is C29H53N5O5. The van der Waals surface area contributed by atoms with E-state index in [1.54, 1.807) is 16.8 Å². The number of piperidine rings is 2. The summed E-state index contributed by atoms with van der Waals surface area (Å²) in [6.07, 6.45) is 5.26. The summed E-state index contributed by atoms with van der Waals surface area (Å²) >= 11 is 0. The van der Waals surface area contributed by atoms with Gasteiger partial charge in [0.05, 0.1) is 19.7 Å². The molecule has 0 radical (unpaired) electrons. The fourth-order valence-corrected chi connectivity index (χ4v) is 5.76. The summed E-state index contributed by atoms with van der Waals surface area (Å²) < 4.78 is 4.93. The third-order valence-corrected chi connectivity index (χ3v) is 8.29. The smallest absolute Gasteiger partial charge is 0.328 e. The van der Waals surface area contributed by atoms with Crippen molar-refractivity contribution in [3.8, 4) is 0 Å². The van der Waals surface area contributed by atoms with E-state index >= 15 is 0 Å². The average molecular weight is 552 g/mol. The van der Waals surface area contributed by atoms with E-state index in [-0.39, 0.29) is 48.2 Å². The summed E-state index contributed by atoms with van der Waals surface area (Å²) in [5, 5.41) is 3.09. The maximum absolute atomic E-state index is 13.9. The van der Waals surface area contributed by atoms with Crippen molar-refractivity contribution in [2.45, 2.75) is 97.3 Å². The Morgan fingerprint density at radius 2 is 1.56 bits per heavy atom. The molecule has 2 heterocycles. The number of hydrogen-bond donors (Lipinski definition) is 1. The van der Waals surface area contributed by atoms with Crippen molar-refractivity contribution in [3.63, 3.8) is 0 Å². The van der Waals surface area contributed by atoms with Gasteiger partial charge in [0.25, 0.3) is 0 Å². The molecular weight excluding hydrogens is 498 g/mol. The number of hydrogen-bond acceptors (Lipinski definition) is 7. The predicted molar refractivity (Wildman–Crippen MR) is 152 cm³/mol. The maximum atomic E-state index is 13.9. The number of esters is 1. The van der Waals surface area contributed by atoms with Gasteiger partial charge < -0.3 is 19.9 Å². The third-order valence-electron chi connectivity index (χ3n) is 8.29. The molecule has 39 heavy (non-hydrogen) atoms. The highest BCUT2D eigenvalue weighted by atomic mass is 16.5. The topological polar surface area (TPSA) is 102 Å². The summed E-state index contributed by atoms with van der Waals surface area (Å²) in [7, 11) is 6.97. The Balaban J connectivity index is 2.11. The van der Waals surface area contributed by atoms with Gasteiger partial charge >= 0.3 is 5.97 Å². The van der Waals surface area contributed by atoms with E-state index in [4.69, 9.17) is 4.74 Å². The number of amides is 3. The van der Waals surface area contributed by atoms with E-state index < -0.39 is 17.5 Å². The van der Waals surface area contributed by atoms with Gasteiger partial charge in [-0.05, 0) is 64.1 Å². The van der Waals surface area contributed by atoms with Crippen molar-refractivity contribution in [2.75, 3.05) is 54.4 Å². The first kappa shape index (κ1) is 33.0. The molecule has 10 heteroatoms. The molecule has 0 bridgehead atoms. The molecule has 2 saturated heterocycles. The largest absolute Gasteiger partial charge is 0.467 e. The van der Waals surface area contributed by atoms with Gasteiger partial charge in [0.15, 0.2) is 0 Å². The average Bonchev–Trinajstić information content (AvgIpc) is 2.88. The normalized spacial score (nSPS) is 22.4. The molecule has 0 aromatic rings. The van der Waals surface area contributed by atoms with Crippen molar-refractivity contribution < 1.29 is 23.9 Å². The first-order valence-corrected chi connectivity index (χ1v) is 14.5. The third kappa shape index (κ3) is 8.90. The first-order chi connectivity index (χ1) is 18.2. The highest BCUT2D eigenvalue weighted by Crippen LogP contribution is 2.25. The molecule has 0 spiro atoms. The first-order valence-electron chi connectivity index (χ1n) is 14.5. The second kappa shape index (κ2) is 14.4.